The van der Waals surface area contributed by atoms with Gasteiger partial charge in [0.15, 0.2) is 5.78 Å². The van der Waals surface area contributed by atoms with Gasteiger partial charge in [-0.1, -0.05) is 12.5 Å². The van der Waals surface area contributed by atoms with Crippen LogP contribution >= 0.6 is 0 Å². The summed E-state index contributed by atoms with van der Waals surface area (Å²) in [5.41, 5.74) is 1.32. The van der Waals surface area contributed by atoms with Crippen LogP contribution in [0, 0.1) is 11.8 Å². The fraction of sp³-hybridized carbons (Fsp3) is 0.625. The first-order valence-corrected chi connectivity index (χ1v) is 10.9. The van der Waals surface area contributed by atoms with Crippen molar-refractivity contribution in [2.24, 2.45) is 11.8 Å². The van der Waals surface area contributed by atoms with E-state index in [9.17, 15) is 20.1 Å². The number of epoxide rings is 1. The fourth-order valence-corrected chi connectivity index (χ4v) is 4.15. The zero-order valence-electron chi connectivity index (χ0n) is 18.6. The van der Waals surface area contributed by atoms with E-state index in [4.69, 9.17) is 14.2 Å². The molecule has 0 bridgehead atoms. The fourth-order valence-electron chi connectivity index (χ4n) is 4.15. The van der Waals surface area contributed by atoms with E-state index >= 15 is 0 Å². The lowest BCUT2D eigenvalue weighted by Crippen LogP contribution is -2.50. The molecule has 0 radical (unpaired) electrons. The van der Waals surface area contributed by atoms with E-state index in [2.05, 4.69) is 0 Å². The van der Waals surface area contributed by atoms with Gasteiger partial charge in [-0.25, -0.2) is 0 Å². The molecule has 0 spiro atoms. The van der Waals surface area contributed by atoms with Crippen molar-refractivity contribution in [3.8, 4) is 5.75 Å². The van der Waals surface area contributed by atoms with E-state index in [1.165, 1.54) is 6.08 Å². The summed E-state index contributed by atoms with van der Waals surface area (Å²) in [5, 5.41) is 30.9. The van der Waals surface area contributed by atoms with Gasteiger partial charge in [0.25, 0.3) is 0 Å². The molecule has 0 unspecified atom stereocenters. The summed E-state index contributed by atoms with van der Waals surface area (Å²) in [6.45, 7) is 5.82. The third-order valence-corrected chi connectivity index (χ3v) is 6.45. The van der Waals surface area contributed by atoms with Crippen molar-refractivity contribution in [2.45, 2.75) is 70.2 Å². The lowest BCUT2D eigenvalue weighted by Gasteiger charge is -2.38. The predicted molar refractivity (Wildman–Crippen MR) is 115 cm³/mol. The summed E-state index contributed by atoms with van der Waals surface area (Å²) in [6, 6.07) is 6.88. The number of hydrogen-bond acceptors (Lipinski definition) is 7. The number of ether oxygens (including phenoxy) is 3. The molecule has 31 heavy (non-hydrogen) atoms. The van der Waals surface area contributed by atoms with E-state index < -0.39 is 24.4 Å². The Kier molecular flexibility index (Phi) is 7.88. The Labute approximate surface area is 183 Å². The molecule has 7 heteroatoms. The van der Waals surface area contributed by atoms with Crippen LogP contribution < -0.4 is 4.74 Å². The van der Waals surface area contributed by atoms with Gasteiger partial charge in [-0.2, -0.15) is 0 Å². The summed E-state index contributed by atoms with van der Waals surface area (Å²) in [7, 11) is 1.57. The summed E-state index contributed by atoms with van der Waals surface area (Å²) in [6.07, 6.45) is -0.550. The van der Waals surface area contributed by atoms with Crippen LogP contribution in [0.1, 0.15) is 44.0 Å². The molecule has 2 saturated heterocycles. The van der Waals surface area contributed by atoms with Crippen LogP contribution in [0.2, 0.25) is 0 Å². The minimum Gasteiger partial charge on any atom is -0.497 e. The summed E-state index contributed by atoms with van der Waals surface area (Å²) in [4.78, 5) is 12.5. The standard InChI is InChI=1S/C24H34O7/c1-13(9-19(26)16-5-7-18(29-4)8-6-16)10-20-23(28)22(27)17(12-30-20)11-21-24(31-21)14(2)15(3)25/h5-9,14-15,17,20-25,27-28H,10-12H2,1-4H3/b13-9+/t14-,15-,17-,20-,21-,22+,23-,24-/m0/s1. The predicted octanol–water partition coefficient (Wildman–Crippen LogP) is 2.13. The molecule has 1 aromatic rings. The number of allylic oxidation sites excluding steroid dienone is 1. The number of aliphatic hydroxyl groups is 3. The second-order valence-electron chi connectivity index (χ2n) is 8.88. The van der Waals surface area contributed by atoms with Gasteiger partial charge in [0.05, 0.1) is 44.2 Å². The zero-order chi connectivity index (χ0) is 22.7. The molecule has 0 aliphatic carbocycles. The Morgan fingerprint density at radius 1 is 1.19 bits per heavy atom. The maximum Gasteiger partial charge on any atom is 0.185 e. The lowest BCUT2D eigenvalue weighted by molar-refractivity contribution is -0.165. The molecule has 0 saturated carbocycles. The molecule has 172 valence electrons. The molecule has 2 aliphatic rings. The van der Waals surface area contributed by atoms with Gasteiger partial charge in [0, 0.05) is 17.4 Å². The molecule has 0 aromatic heterocycles. The zero-order valence-corrected chi connectivity index (χ0v) is 18.6. The molecule has 3 rings (SSSR count). The summed E-state index contributed by atoms with van der Waals surface area (Å²) < 4.78 is 16.6. The largest absolute Gasteiger partial charge is 0.497 e. The van der Waals surface area contributed by atoms with Crippen LogP contribution in [0.25, 0.3) is 0 Å². The van der Waals surface area contributed by atoms with Crippen molar-refractivity contribution in [1.29, 1.82) is 0 Å². The molecule has 1 aromatic carbocycles. The van der Waals surface area contributed by atoms with Crippen molar-refractivity contribution in [3.63, 3.8) is 0 Å². The Morgan fingerprint density at radius 3 is 2.48 bits per heavy atom. The van der Waals surface area contributed by atoms with Gasteiger partial charge in [0.1, 0.15) is 11.9 Å². The smallest absolute Gasteiger partial charge is 0.185 e. The second-order valence-corrected chi connectivity index (χ2v) is 8.88. The van der Waals surface area contributed by atoms with Gasteiger partial charge >= 0.3 is 0 Å². The Hall–Kier alpha value is -1.77. The lowest BCUT2D eigenvalue weighted by atomic mass is 9.85. The van der Waals surface area contributed by atoms with Crippen molar-refractivity contribution in [1.82, 2.24) is 0 Å². The first kappa shape index (κ1) is 23.9. The first-order chi connectivity index (χ1) is 14.7. The highest BCUT2D eigenvalue weighted by molar-refractivity contribution is 6.04. The first-order valence-electron chi connectivity index (χ1n) is 10.9. The minimum atomic E-state index is -1.04. The number of benzene rings is 1. The average molecular weight is 435 g/mol. The molecular weight excluding hydrogens is 400 g/mol. The van der Waals surface area contributed by atoms with Gasteiger partial charge in [-0.3, -0.25) is 4.79 Å². The van der Waals surface area contributed by atoms with E-state index in [1.54, 1.807) is 38.3 Å². The van der Waals surface area contributed by atoms with Gasteiger partial charge in [-0.05, 0) is 57.0 Å². The average Bonchev–Trinajstić information content (AvgIpc) is 3.51. The molecule has 2 heterocycles. The quantitative estimate of drug-likeness (QED) is 0.310. The normalized spacial score (nSPS) is 32.9. The monoisotopic (exact) mass is 434 g/mol. The number of rotatable bonds is 9. The minimum absolute atomic E-state index is 0.0174. The van der Waals surface area contributed by atoms with E-state index in [0.29, 0.717) is 30.8 Å². The molecule has 2 fully saturated rings. The van der Waals surface area contributed by atoms with Crippen molar-refractivity contribution >= 4 is 5.78 Å². The van der Waals surface area contributed by atoms with E-state index in [0.717, 1.165) is 5.57 Å². The molecule has 2 aliphatic heterocycles. The summed E-state index contributed by atoms with van der Waals surface area (Å²) >= 11 is 0. The number of hydrogen-bond donors (Lipinski definition) is 3. The number of ketones is 1. The number of carbonyl (C=O) groups is 1. The Bertz CT molecular complexity index is 773. The topological polar surface area (TPSA) is 109 Å². The van der Waals surface area contributed by atoms with E-state index in [-0.39, 0.29) is 29.8 Å². The molecule has 8 atom stereocenters. The molecule has 3 N–H and O–H groups in total. The maximum absolute atomic E-state index is 12.5. The van der Waals surface area contributed by atoms with Gasteiger partial charge < -0.3 is 29.5 Å². The highest BCUT2D eigenvalue weighted by Gasteiger charge is 2.48. The number of aliphatic hydroxyl groups excluding tert-OH is 3. The number of methoxy groups -OCH3 is 1. The summed E-state index contributed by atoms with van der Waals surface area (Å²) in [5.74, 6) is 0.351. The Balaban J connectivity index is 1.51. The van der Waals surface area contributed by atoms with Gasteiger partial charge in [0.2, 0.25) is 0 Å². The third kappa shape index (κ3) is 5.93. The van der Waals surface area contributed by atoms with Crippen LogP contribution in [0.15, 0.2) is 35.9 Å². The Morgan fingerprint density at radius 2 is 1.87 bits per heavy atom. The van der Waals surface area contributed by atoms with Crippen LogP contribution in [0.3, 0.4) is 0 Å². The van der Waals surface area contributed by atoms with E-state index in [1.807, 2.05) is 13.8 Å². The molecule has 0 amide bonds. The molecular formula is C24H34O7. The molecule has 7 nitrogen and oxygen atoms in total. The van der Waals surface area contributed by atoms with Crippen molar-refractivity contribution < 1.29 is 34.3 Å². The number of carbonyl (C=O) groups excluding carboxylic acids is 1. The SMILES string of the molecule is COc1ccc(C(=O)/C=C(\C)C[C@@H]2OC[C@H](C[C@@H]3O[C@H]3[C@@H](C)[C@H](C)O)[C@@H](O)[C@H]2O)cc1. The van der Waals surface area contributed by atoms with Crippen LogP contribution in [0.5, 0.6) is 5.75 Å². The highest BCUT2D eigenvalue weighted by Crippen LogP contribution is 2.38. The van der Waals surface area contributed by atoms with Crippen LogP contribution in [-0.4, -0.2) is 71.4 Å². The third-order valence-electron chi connectivity index (χ3n) is 6.45. The van der Waals surface area contributed by atoms with Crippen LogP contribution in [-0.2, 0) is 9.47 Å². The van der Waals surface area contributed by atoms with Crippen LogP contribution in [0.4, 0.5) is 0 Å². The maximum atomic E-state index is 12.5. The van der Waals surface area contributed by atoms with Crippen molar-refractivity contribution in [2.75, 3.05) is 13.7 Å². The highest BCUT2D eigenvalue weighted by atomic mass is 16.6. The van der Waals surface area contributed by atoms with Crippen molar-refractivity contribution in [3.05, 3.63) is 41.5 Å². The second kappa shape index (κ2) is 10.2. The van der Waals surface area contributed by atoms with Gasteiger partial charge in [-0.15, -0.1) is 0 Å².